The predicted octanol–water partition coefficient (Wildman–Crippen LogP) is 0.226. The number of anilines is 1. The van der Waals surface area contributed by atoms with Crippen LogP contribution in [0.4, 0.5) is 10.6 Å². The topological polar surface area (TPSA) is 99.6 Å². The third-order valence-electron chi connectivity index (χ3n) is 2.32. The summed E-state index contributed by atoms with van der Waals surface area (Å²) in [5, 5.41) is 11.0. The van der Waals surface area contributed by atoms with Gasteiger partial charge in [-0.15, -0.1) is 0 Å². The van der Waals surface area contributed by atoms with Gasteiger partial charge in [-0.1, -0.05) is 0 Å². The molecule has 1 fully saturated rings. The van der Waals surface area contributed by atoms with Crippen LogP contribution in [0.2, 0.25) is 0 Å². The Hall–Kier alpha value is -2.44. The Labute approximate surface area is 96.1 Å². The molecule has 0 aliphatic carbocycles. The van der Waals surface area contributed by atoms with Gasteiger partial charge in [0.05, 0.1) is 5.56 Å². The number of aromatic nitrogens is 1. The van der Waals surface area contributed by atoms with Crippen molar-refractivity contribution >= 4 is 23.7 Å². The summed E-state index contributed by atoms with van der Waals surface area (Å²) in [5.41, 5.74) is 0.0414. The van der Waals surface area contributed by atoms with E-state index in [-0.39, 0.29) is 30.3 Å². The summed E-state index contributed by atoms with van der Waals surface area (Å²) in [6.07, 6.45) is 1.48. The first kappa shape index (κ1) is 11.1. The molecule has 2 N–H and O–H groups in total. The van der Waals surface area contributed by atoms with Crippen molar-refractivity contribution in [3.8, 4) is 0 Å². The van der Waals surface area contributed by atoms with E-state index in [0.29, 0.717) is 0 Å². The lowest BCUT2D eigenvalue weighted by Gasteiger charge is -2.25. The minimum Gasteiger partial charge on any atom is -0.478 e. The summed E-state index contributed by atoms with van der Waals surface area (Å²) in [6.45, 7) is 0.195. The second kappa shape index (κ2) is 4.20. The van der Waals surface area contributed by atoms with Gasteiger partial charge >= 0.3 is 12.0 Å². The van der Waals surface area contributed by atoms with E-state index in [1.807, 2.05) is 0 Å². The van der Waals surface area contributed by atoms with Gasteiger partial charge in [0.2, 0.25) is 5.91 Å². The smallest absolute Gasteiger partial charge is 0.335 e. The summed E-state index contributed by atoms with van der Waals surface area (Å²) in [5.74, 6) is -1.22. The van der Waals surface area contributed by atoms with E-state index in [4.69, 9.17) is 5.11 Å². The normalized spacial score (nSPS) is 15.6. The summed E-state index contributed by atoms with van der Waals surface area (Å²) in [6, 6.07) is 2.03. The van der Waals surface area contributed by atoms with Crippen LogP contribution in [0.1, 0.15) is 16.8 Å². The molecule has 2 rings (SSSR count). The average Bonchev–Trinajstić information content (AvgIpc) is 2.29. The maximum atomic E-state index is 11.5. The van der Waals surface area contributed by atoms with Crippen LogP contribution in [-0.4, -0.2) is 34.5 Å². The quantitative estimate of drug-likeness (QED) is 0.764. The summed E-state index contributed by atoms with van der Waals surface area (Å²) < 4.78 is 0. The number of rotatable bonds is 2. The Kier molecular flexibility index (Phi) is 2.73. The minimum absolute atomic E-state index is 0.0414. The SMILES string of the molecule is O=C1CCN(c2cc(C(=O)O)ccn2)C(=O)N1. The first-order valence-electron chi connectivity index (χ1n) is 4.88. The van der Waals surface area contributed by atoms with Gasteiger partial charge in [-0.2, -0.15) is 0 Å². The molecule has 0 radical (unpaired) electrons. The number of carbonyl (C=O) groups is 3. The maximum absolute atomic E-state index is 11.5. The highest BCUT2D eigenvalue weighted by Crippen LogP contribution is 2.15. The van der Waals surface area contributed by atoms with Crippen LogP contribution in [-0.2, 0) is 4.79 Å². The van der Waals surface area contributed by atoms with Crippen LogP contribution in [0.25, 0.3) is 0 Å². The number of urea groups is 1. The molecular formula is C10H9N3O4. The fourth-order valence-electron chi connectivity index (χ4n) is 1.48. The van der Waals surface area contributed by atoms with E-state index in [9.17, 15) is 14.4 Å². The molecule has 88 valence electrons. The molecule has 0 aromatic carbocycles. The molecule has 1 aliphatic rings. The van der Waals surface area contributed by atoms with Gasteiger partial charge in [-0.05, 0) is 12.1 Å². The lowest BCUT2D eigenvalue weighted by Crippen LogP contribution is -2.49. The van der Waals surface area contributed by atoms with Gasteiger partial charge in [0.25, 0.3) is 0 Å². The number of carboxylic acid groups (broad SMARTS) is 1. The van der Waals surface area contributed by atoms with Crippen LogP contribution >= 0.6 is 0 Å². The molecule has 7 heteroatoms. The van der Waals surface area contributed by atoms with Crippen LogP contribution < -0.4 is 10.2 Å². The Morgan fingerprint density at radius 1 is 1.47 bits per heavy atom. The van der Waals surface area contributed by atoms with E-state index in [0.717, 1.165) is 0 Å². The second-order valence-corrected chi connectivity index (χ2v) is 3.46. The number of nitrogens with one attached hydrogen (secondary N) is 1. The third kappa shape index (κ3) is 2.22. The molecule has 0 bridgehead atoms. The lowest BCUT2D eigenvalue weighted by atomic mass is 10.2. The average molecular weight is 235 g/mol. The van der Waals surface area contributed by atoms with E-state index in [2.05, 4.69) is 10.3 Å². The van der Waals surface area contributed by atoms with Crippen molar-refractivity contribution in [2.45, 2.75) is 6.42 Å². The number of hydrogen-bond acceptors (Lipinski definition) is 4. The van der Waals surface area contributed by atoms with Crippen LogP contribution in [0.15, 0.2) is 18.3 Å². The molecule has 17 heavy (non-hydrogen) atoms. The number of aromatic carboxylic acids is 1. The van der Waals surface area contributed by atoms with Crippen molar-refractivity contribution in [3.63, 3.8) is 0 Å². The standard InChI is InChI=1S/C10H9N3O4/c14-8-2-4-13(10(17)12-8)7-5-6(9(15)16)1-3-11-7/h1,3,5H,2,4H2,(H,15,16)(H,12,14,17). The monoisotopic (exact) mass is 235 g/mol. The van der Waals surface area contributed by atoms with Crippen molar-refractivity contribution in [2.75, 3.05) is 11.4 Å². The largest absolute Gasteiger partial charge is 0.478 e. The lowest BCUT2D eigenvalue weighted by molar-refractivity contribution is -0.120. The van der Waals surface area contributed by atoms with Gasteiger partial charge in [0.1, 0.15) is 5.82 Å². The van der Waals surface area contributed by atoms with Crippen LogP contribution in [0.3, 0.4) is 0 Å². The number of carboxylic acids is 1. The Balaban J connectivity index is 2.28. The highest BCUT2D eigenvalue weighted by molar-refractivity contribution is 6.05. The van der Waals surface area contributed by atoms with E-state index < -0.39 is 12.0 Å². The number of imide groups is 1. The van der Waals surface area contributed by atoms with Gasteiger partial charge in [0.15, 0.2) is 0 Å². The highest BCUT2D eigenvalue weighted by atomic mass is 16.4. The zero-order chi connectivity index (χ0) is 12.4. The minimum atomic E-state index is -1.10. The Bertz CT molecular complexity index is 500. The molecule has 0 spiro atoms. The molecule has 1 aromatic rings. The highest BCUT2D eigenvalue weighted by Gasteiger charge is 2.25. The predicted molar refractivity (Wildman–Crippen MR) is 56.7 cm³/mol. The Morgan fingerprint density at radius 2 is 2.24 bits per heavy atom. The number of carbonyl (C=O) groups excluding carboxylic acids is 2. The number of nitrogens with zero attached hydrogens (tertiary/aromatic N) is 2. The molecule has 1 aromatic heterocycles. The fraction of sp³-hybridized carbons (Fsp3) is 0.200. The fourth-order valence-corrected chi connectivity index (χ4v) is 1.48. The summed E-state index contributed by atoms with van der Waals surface area (Å²) in [4.78, 5) is 38.4. The van der Waals surface area contributed by atoms with Gasteiger partial charge in [-0.25, -0.2) is 14.6 Å². The Morgan fingerprint density at radius 3 is 2.88 bits per heavy atom. The van der Waals surface area contributed by atoms with E-state index in [1.54, 1.807) is 0 Å². The number of amides is 3. The van der Waals surface area contributed by atoms with Gasteiger partial charge < -0.3 is 5.11 Å². The number of hydrogen-bond donors (Lipinski definition) is 2. The molecule has 2 heterocycles. The first-order chi connectivity index (χ1) is 8.08. The van der Waals surface area contributed by atoms with Crippen molar-refractivity contribution in [1.82, 2.24) is 10.3 Å². The zero-order valence-corrected chi connectivity index (χ0v) is 8.71. The molecule has 1 saturated heterocycles. The van der Waals surface area contributed by atoms with Crippen molar-refractivity contribution in [1.29, 1.82) is 0 Å². The molecule has 0 atom stereocenters. The third-order valence-corrected chi connectivity index (χ3v) is 2.32. The van der Waals surface area contributed by atoms with Crippen molar-refractivity contribution in [2.24, 2.45) is 0 Å². The van der Waals surface area contributed by atoms with Gasteiger partial charge in [-0.3, -0.25) is 15.0 Å². The molecule has 1 aliphatic heterocycles. The van der Waals surface area contributed by atoms with Crippen LogP contribution in [0, 0.1) is 0 Å². The zero-order valence-electron chi connectivity index (χ0n) is 8.71. The molecule has 0 unspecified atom stereocenters. The van der Waals surface area contributed by atoms with Gasteiger partial charge in [0, 0.05) is 19.2 Å². The number of pyridine rings is 1. The summed E-state index contributed by atoms with van der Waals surface area (Å²) >= 11 is 0. The molecule has 7 nitrogen and oxygen atoms in total. The maximum Gasteiger partial charge on any atom is 0.335 e. The van der Waals surface area contributed by atoms with Crippen molar-refractivity contribution < 1.29 is 19.5 Å². The molecular weight excluding hydrogens is 226 g/mol. The molecule has 3 amide bonds. The van der Waals surface area contributed by atoms with E-state index in [1.165, 1.54) is 23.2 Å². The van der Waals surface area contributed by atoms with Crippen LogP contribution in [0.5, 0.6) is 0 Å². The van der Waals surface area contributed by atoms with Crippen molar-refractivity contribution in [3.05, 3.63) is 23.9 Å². The summed E-state index contributed by atoms with van der Waals surface area (Å²) in [7, 11) is 0. The molecule has 0 saturated carbocycles. The van der Waals surface area contributed by atoms with E-state index >= 15 is 0 Å². The first-order valence-corrected chi connectivity index (χ1v) is 4.88. The second-order valence-electron chi connectivity index (χ2n) is 3.46.